The fourth-order valence-corrected chi connectivity index (χ4v) is 4.53. The molecule has 0 saturated heterocycles. The molecule has 0 N–H and O–H groups in total. The number of rotatable bonds is 3. The minimum atomic E-state index is -0.360. The molecule has 1 spiro atoms. The van der Waals surface area contributed by atoms with Crippen molar-refractivity contribution < 1.29 is 13.9 Å². The van der Waals surface area contributed by atoms with Crippen LogP contribution in [0.25, 0.3) is 11.0 Å². The third-order valence-corrected chi connectivity index (χ3v) is 5.97. The second-order valence-corrected chi connectivity index (χ2v) is 7.89. The van der Waals surface area contributed by atoms with Crippen LogP contribution < -0.4 is 10.4 Å². The van der Waals surface area contributed by atoms with Gasteiger partial charge in [0, 0.05) is 17.0 Å². The Labute approximate surface area is 153 Å². The zero-order valence-electron chi connectivity index (χ0n) is 15.7. The number of hydrogen-bond acceptors (Lipinski definition) is 4. The van der Waals surface area contributed by atoms with Crippen molar-refractivity contribution in [2.75, 3.05) is 0 Å². The monoisotopic (exact) mass is 354 g/mol. The van der Waals surface area contributed by atoms with E-state index in [0.717, 1.165) is 61.5 Å². The molecule has 0 unspecified atom stereocenters. The van der Waals surface area contributed by atoms with Crippen molar-refractivity contribution in [3.8, 4) is 5.75 Å². The van der Waals surface area contributed by atoms with Gasteiger partial charge in [0.15, 0.2) is 5.78 Å². The Bertz CT molecular complexity index is 916. The first-order valence-corrected chi connectivity index (χ1v) is 9.85. The molecule has 1 aliphatic heterocycles. The molecule has 2 aromatic rings. The van der Waals surface area contributed by atoms with Crippen LogP contribution in [-0.4, -0.2) is 11.4 Å². The summed E-state index contributed by atoms with van der Waals surface area (Å²) >= 11 is 0. The molecule has 138 valence electrons. The second kappa shape index (κ2) is 6.57. The van der Waals surface area contributed by atoms with E-state index in [1.807, 2.05) is 13.0 Å². The maximum Gasteiger partial charge on any atom is 0.336 e. The predicted octanol–water partition coefficient (Wildman–Crippen LogP) is 5.11. The summed E-state index contributed by atoms with van der Waals surface area (Å²) in [4.78, 5) is 25.0. The molecule has 1 saturated carbocycles. The lowest BCUT2D eigenvalue weighted by atomic mass is 9.78. The number of hydrogen-bond donors (Lipinski definition) is 0. The van der Waals surface area contributed by atoms with Crippen molar-refractivity contribution in [3.63, 3.8) is 0 Å². The van der Waals surface area contributed by atoms with Crippen LogP contribution in [0, 0.1) is 6.92 Å². The number of carbonyl (C=O) groups is 1. The predicted molar refractivity (Wildman–Crippen MR) is 101 cm³/mol. The average Bonchev–Trinajstić information content (AvgIpc) is 2.62. The smallest absolute Gasteiger partial charge is 0.336 e. The van der Waals surface area contributed by atoms with Gasteiger partial charge < -0.3 is 9.15 Å². The van der Waals surface area contributed by atoms with Gasteiger partial charge in [0.1, 0.15) is 16.9 Å². The van der Waals surface area contributed by atoms with Gasteiger partial charge in [-0.3, -0.25) is 4.79 Å². The van der Waals surface area contributed by atoms with Gasteiger partial charge in [-0.1, -0.05) is 19.8 Å². The molecule has 4 heteroatoms. The van der Waals surface area contributed by atoms with Crippen LogP contribution >= 0.6 is 0 Å². The zero-order chi connectivity index (χ0) is 18.3. The fraction of sp³-hybridized carbons (Fsp3) is 0.545. The van der Waals surface area contributed by atoms with Crippen LogP contribution in [-0.2, 0) is 6.42 Å². The van der Waals surface area contributed by atoms with E-state index in [0.29, 0.717) is 23.3 Å². The third-order valence-electron chi connectivity index (χ3n) is 5.97. The topological polar surface area (TPSA) is 56.5 Å². The molecule has 0 radical (unpaired) electrons. The number of fused-ring (bicyclic) bond motifs is 2. The molecule has 4 nitrogen and oxygen atoms in total. The molecule has 0 bridgehead atoms. The van der Waals surface area contributed by atoms with Gasteiger partial charge in [-0.05, 0) is 57.1 Å². The van der Waals surface area contributed by atoms with Crippen LogP contribution in [0.3, 0.4) is 0 Å². The van der Waals surface area contributed by atoms with Gasteiger partial charge in [-0.2, -0.15) is 0 Å². The maximum atomic E-state index is 13.0. The Balaban J connectivity index is 1.88. The van der Waals surface area contributed by atoms with E-state index in [1.165, 1.54) is 6.42 Å². The summed E-state index contributed by atoms with van der Waals surface area (Å²) in [5, 5.41) is 0.880. The van der Waals surface area contributed by atoms with Gasteiger partial charge >= 0.3 is 5.63 Å². The van der Waals surface area contributed by atoms with Crippen molar-refractivity contribution in [1.29, 1.82) is 0 Å². The highest BCUT2D eigenvalue weighted by atomic mass is 16.5. The van der Waals surface area contributed by atoms with Gasteiger partial charge in [-0.25, -0.2) is 4.79 Å². The second-order valence-electron chi connectivity index (χ2n) is 7.89. The number of ketones is 1. The zero-order valence-corrected chi connectivity index (χ0v) is 15.7. The summed E-state index contributed by atoms with van der Waals surface area (Å²) < 4.78 is 12.0. The lowest BCUT2D eigenvalue weighted by molar-refractivity contribution is 0.0131. The highest BCUT2D eigenvalue weighted by Crippen LogP contribution is 2.45. The minimum Gasteiger partial charge on any atom is -0.486 e. The molecule has 2 aliphatic rings. The Morgan fingerprint density at radius 1 is 1.12 bits per heavy atom. The normalized spacial score (nSPS) is 18.8. The van der Waals surface area contributed by atoms with E-state index < -0.39 is 0 Å². The first-order valence-electron chi connectivity index (χ1n) is 9.85. The third kappa shape index (κ3) is 2.85. The van der Waals surface area contributed by atoms with Crippen molar-refractivity contribution >= 4 is 16.8 Å². The summed E-state index contributed by atoms with van der Waals surface area (Å²) in [6.45, 7) is 4.03. The Morgan fingerprint density at radius 2 is 1.88 bits per heavy atom. The van der Waals surface area contributed by atoms with Crippen LogP contribution in [0.5, 0.6) is 5.75 Å². The molecule has 1 aromatic carbocycles. The Hall–Kier alpha value is -2.10. The molecule has 2 heterocycles. The standard InChI is InChI=1S/C22H26O4/c1-3-4-8-15-11-19(24)25-20-14(2)21-17(12-16(15)20)18(23)13-22(26-21)9-6-5-7-10-22/h11-12H,3-10,13H2,1-2H3. The molecule has 0 atom stereocenters. The molecular formula is C22H26O4. The van der Waals surface area contributed by atoms with E-state index in [4.69, 9.17) is 9.15 Å². The summed E-state index contributed by atoms with van der Waals surface area (Å²) in [7, 11) is 0. The summed E-state index contributed by atoms with van der Waals surface area (Å²) in [5.74, 6) is 0.789. The molecule has 0 amide bonds. The number of benzene rings is 1. The Kier molecular flexibility index (Phi) is 4.37. The van der Waals surface area contributed by atoms with E-state index in [1.54, 1.807) is 6.07 Å². The van der Waals surface area contributed by atoms with Crippen LogP contribution in [0.4, 0.5) is 0 Å². The fourth-order valence-electron chi connectivity index (χ4n) is 4.53. The largest absolute Gasteiger partial charge is 0.486 e. The highest BCUT2D eigenvalue weighted by Gasteiger charge is 2.42. The van der Waals surface area contributed by atoms with Crippen molar-refractivity contribution in [2.24, 2.45) is 0 Å². The molecule has 4 rings (SSSR count). The summed E-state index contributed by atoms with van der Waals surface area (Å²) in [6.07, 6.45) is 8.60. The SMILES string of the molecule is CCCCc1cc(=O)oc2c(C)c3c(cc12)C(=O)CC1(CCCCC1)O3. The van der Waals surface area contributed by atoms with Gasteiger partial charge in [0.2, 0.25) is 0 Å². The first kappa shape index (κ1) is 17.3. The minimum absolute atomic E-state index is 0.158. The Morgan fingerprint density at radius 3 is 2.62 bits per heavy atom. The number of Topliss-reactive ketones (excluding diaryl/α,β-unsaturated/α-hetero) is 1. The van der Waals surface area contributed by atoms with E-state index >= 15 is 0 Å². The first-order chi connectivity index (χ1) is 12.5. The van der Waals surface area contributed by atoms with Crippen LogP contribution in [0.2, 0.25) is 0 Å². The molecule has 1 fully saturated rings. The van der Waals surface area contributed by atoms with Crippen molar-refractivity contribution in [1.82, 2.24) is 0 Å². The van der Waals surface area contributed by atoms with Crippen molar-refractivity contribution in [3.05, 3.63) is 39.2 Å². The average molecular weight is 354 g/mol. The number of carbonyl (C=O) groups excluding carboxylic acids is 1. The molecular weight excluding hydrogens is 328 g/mol. The summed E-state index contributed by atoms with van der Waals surface area (Å²) in [5.41, 5.74) is 2.28. The molecule has 26 heavy (non-hydrogen) atoms. The maximum absolute atomic E-state index is 13.0. The lowest BCUT2D eigenvalue weighted by Gasteiger charge is -2.41. The van der Waals surface area contributed by atoms with Crippen LogP contribution in [0.15, 0.2) is 21.3 Å². The van der Waals surface area contributed by atoms with Crippen LogP contribution in [0.1, 0.15) is 79.8 Å². The van der Waals surface area contributed by atoms with E-state index in [9.17, 15) is 9.59 Å². The summed E-state index contributed by atoms with van der Waals surface area (Å²) in [6, 6.07) is 3.46. The lowest BCUT2D eigenvalue weighted by Crippen LogP contribution is -2.43. The van der Waals surface area contributed by atoms with Gasteiger partial charge in [-0.15, -0.1) is 0 Å². The van der Waals surface area contributed by atoms with Gasteiger partial charge in [0.25, 0.3) is 0 Å². The quantitative estimate of drug-likeness (QED) is 0.719. The number of ether oxygens (including phenoxy) is 1. The highest BCUT2D eigenvalue weighted by molar-refractivity contribution is 6.05. The molecule has 1 aromatic heterocycles. The van der Waals surface area contributed by atoms with Crippen molar-refractivity contribution in [2.45, 2.75) is 77.2 Å². The van der Waals surface area contributed by atoms with E-state index in [-0.39, 0.29) is 17.0 Å². The van der Waals surface area contributed by atoms with E-state index in [2.05, 4.69) is 6.92 Å². The number of unbranched alkanes of at least 4 members (excludes halogenated alkanes) is 1. The molecule has 1 aliphatic carbocycles. The number of aryl methyl sites for hydroxylation is 2. The van der Waals surface area contributed by atoms with Gasteiger partial charge in [0.05, 0.1) is 12.0 Å².